The molecule has 1 aliphatic rings. The number of rotatable bonds is 3. The Balaban J connectivity index is 2.07. The van der Waals surface area contributed by atoms with Crippen molar-refractivity contribution in [3.63, 3.8) is 0 Å². The van der Waals surface area contributed by atoms with Crippen molar-refractivity contribution >= 4 is 6.29 Å². The molecule has 0 radical (unpaired) electrons. The largest absolute Gasteiger partial charge is 0.298 e. The maximum Gasteiger partial charge on any atom is 0.160 e. The summed E-state index contributed by atoms with van der Waals surface area (Å²) in [4.78, 5) is 19.8. The van der Waals surface area contributed by atoms with Gasteiger partial charge in [-0.25, -0.2) is 9.97 Å². The first-order valence-corrected chi connectivity index (χ1v) is 5.76. The van der Waals surface area contributed by atoms with E-state index in [9.17, 15) is 4.79 Å². The third-order valence-corrected chi connectivity index (χ3v) is 3.00. The average molecular weight is 224 g/mol. The van der Waals surface area contributed by atoms with E-state index in [0.717, 1.165) is 17.5 Å². The van der Waals surface area contributed by atoms with Gasteiger partial charge in [0.1, 0.15) is 0 Å². The van der Waals surface area contributed by atoms with Gasteiger partial charge in [-0.05, 0) is 18.9 Å². The number of hydrogen-bond acceptors (Lipinski definition) is 3. The lowest BCUT2D eigenvalue weighted by Gasteiger charge is -2.04. The van der Waals surface area contributed by atoms with Gasteiger partial charge >= 0.3 is 0 Å². The summed E-state index contributed by atoms with van der Waals surface area (Å²) in [7, 11) is 0. The zero-order chi connectivity index (χ0) is 11.7. The monoisotopic (exact) mass is 224 g/mol. The molecule has 1 heterocycles. The zero-order valence-corrected chi connectivity index (χ0v) is 9.34. The Morgan fingerprint density at radius 2 is 2.00 bits per heavy atom. The van der Waals surface area contributed by atoms with Crippen LogP contribution in [-0.2, 0) is 0 Å². The van der Waals surface area contributed by atoms with Crippen molar-refractivity contribution in [1.82, 2.24) is 9.97 Å². The maximum absolute atomic E-state index is 11.0. The molecule has 1 aliphatic carbocycles. The van der Waals surface area contributed by atoms with E-state index >= 15 is 0 Å². The van der Waals surface area contributed by atoms with E-state index in [4.69, 9.17) is 0 Å². The minimum absolute atomic E-state index is 0.597. The second-order valence-corrected chi connectivity index (χ2v) is 4.28. The van der Waals surface area contributed by atoms with E-state index in [1.54, 1.807) is 12.3 Å². The summed E-state index contributed by atoms with van der Waals surface area (Å²) >= 11 is 0. The van der Waals surface area contributed by atoms with Crippen molar-refractivity contribution in [2.24, 2.45) is 0 Å². The molecule has 0 amide bonds. The predicted octanol–water partition coefficient (Wildman–Crippen LogP) is 2.83. The van der Waals surface area contributed by atoms with Crippen LogP contribution in [0.15, 0.2) is 36.5 Å². The summed E-state index contributed by atoms with van der Waals surface area (Å²) in [6.45, 7) is 0. The van der Waals surface area contributed by atoms with Crippen molar-refractivity contribution in [1.29, 1.82) is 0 Å². The topological polar surface area (TPSA) is 42.9 Å². The predicted molar refractivity (Wildman–Crippen MR) is 64.8 cm³/mol. The van der Waals surface area contributed by atoms with Gasteiger partial charge in [-0.1, -0.05) is 24.3 Å². The molecule has 1 fully saturated rings. The van der Waals surface area contributed by atoms with Gasteiger partial charge in [-0.3, -0.25) is 4.79 Å². The number of carbonyl (C=O) groups excluding carboxylic acids is 1. The molecular weight excluding hydrogens is 212 g/mol. The van der Waals surface area contributed by atoms with E-state index in [-0.39, 0.29) is 0 Å². The Kier molecular flexibility index (Phi) is 2.44. The Hall–Kier alpha value is -2.03. The van der Waals surface area contributed by atoms with Crippen LogP contribution in [-0.4, -0.2) is 16.3 Å². The quantitative estimate of drug-likeness (QED) is 0.753. The summed E-state index contributed by atoms with van der Waals surface area (Å²) in [6.07, 6.45) is 5.05. The normalized spacial score (nSPS) is 14.6. The molecule has 3 rings (SSSR count). The number of hydrogen-bond donors (Lipinski definition) is 0. The molecule has 0 spiro atoms. The summed E-state index contributed by atoms with van der Waals surface area (Å²) < 4.78 is 0. The molecule has 1 saturated carbocycles. The van der Waals surface area contributed by atoms with Crippen LogP contribution in [0.2, 0.25) is 0 Å². The average Bonchev–Trinajstić information content (AvgIpc) is 3.23. The van der Waals surface area contributed by atoms with E-state index in [0.29, 0.717) is 17.3 Å². The van der Waals surface area contributed by atoms with Crippen LogP contribution in [0.4, 0.5) is 0 Å². The van der Waals surface area contributed by atoms with Crippen molar-refractivity contribution in [3.8, 4) is 11.4 Å². The summed E-state index contributed by atoms with van der Waals surface area (Å²) in [6, 6.07) is 9.38. The zero-order valence-electron chi connectivity index (χ0n) is 9.34. The molecule has 3 nitrogen and oxygen atoms in total. The molecule has 1 aromatic carbocycles. The molecule has 0 N–H and O–H groups in total. The van der Waals surface area contributed by atoms with E-state index < -0.39 is 0 Å². The number of carbonyl (C=O) groups is 1. The molecular formula is C14H12N2O. The molecule has 0 atom stereocenters. The summed E-state index contributed by atoms with van der Waals surface area (Å²) in [5.41, 5.74) is 2.54. The van der Waals surface area contributed by atoms with Crippen LogP contribution in [0, 0.1) is 0 Å². The lowest BCUT2D eigenvalue weighted by Crippen LogP contribution is -1.96. The van der Waals surface area contributed by atoms with Crippen LogP contribution in [0.3, 0.4) is 0 Å². The maximum atomic E-state index is 11.0. The minimum Gasteiger partial charge on any atom is -0.298 e. The summed E-state index contributed by atoms with van der Waals surface area (Å²) in [5, 5.41) is 0. The summed E-state index contributed by atoms with van der Waals surface area (Å²) in [5.74, 6) is 1.25. The standard InChI is InChI=1S/C14H12N2O/c17-9-11-3-1-2-4-12(11)14-15-8-7-13(16-14)10-5-6-10/h1-4,7-10H,5-6H2. The molecule has 0 aliphatic heterocycles. The molecule has 17 heavy (non-hydrogen) atoms. The molecule has 2 aromatic rings. The smallest absolute Gasteiger partial charge is 0.160 e. The van der Waals surface area contributed by atoms with Crippen molar-refractivity contribution < 1.29 is 4.79 Å². The SMILES string of the molecule is O=Cc1ccccc1-c1nccc(C2CC2)n1. The lowest BCUT2D eigenvalue weighted by atomic mass is 10.1. The fraction of sp³-hybridized carbons (Fsp3) is 0.214. The third kappa shape index (κ3) is 1.96. The fourth-order valence-corrected chi connectivity index (χ4v) is 1.91. The van der Waals surface area contributed by atoms with Gasteiger partial charge in [0.15, 0.2) is 12.1 Å². The van der Waals surface area contributed by atoms with Crippen LogP contribution in [0.1, 0.15) is 34.8 Å². The van der Waals surface area contributed by atoms with Crippen LogP contribution in [0.25, 0.3) is 11.4 Å². The van der Waals surface area contributed by atoms with Crippen molar-refractivity contribution in [2.75, 3.05) is 0 Å². The van der Waals surface area contributed by atoms with Crippen molar-refractivity contribution in [2.45, 2.75) is 18.8 Å². The Morgan fingerprint density at radius 1 is 1.18 bits per heavy atom. The van der Waals surface area contributed by atoms with E-state index in [1.165, 1.54) is 12.8 Å². The van der Waals surface area contributed by atoms with Crippen LogP contribution < -0.4 is 0 Å². The first kappa shape index (κ1) is 10.1. The molecule has 84 valence electrons. The van der Waals surface area contributed by atoms with E-state index in [2.05, 4.69) is 9.97 Å². The Labute approximate surface area is 99.5 Å². The van der Waals surface area contributed by atoms with Crippen LogP contribution in [0.5, 0.6) is 0 Å². The number of nitrogens with zero attached hydrogens (tertiary/aromatic N) is 2. The van der Waals surface area contributed by atoms with Gasteiger partial charge in [-0.15, -0.1) is 0 Å². The van der Waals surface area contributed by atoms with E-state index in [1.807, 2.05) is 24.3 Å². The van der Waals surface area contributed by atoms with Gasteiger partial charge in [-0.2, -0.15) is 0 Å². The molecule has 3 heteroatoms. The fourth-order valence-electron chi connectivity index (χ4n) is 1.91. The van der Waals surface area contributed by atoms with Gasteiger partial charge in [0.05, 0.1) is 0 Å². The van der Waals surface area contributed by atoms with Gasteiger partial charge in [0, 0.05) is 28.9 Å². The second-order valence-electron chi connectivity index (χ2n) is 4.28. The van der Waals surface area contributed by atoms with Gasteiger partial charge in [0.2, 0.25) is 0 Å². The highest BCUT2D eigenvalue weighted by Gasteiger charge is 2.25. The first-order valence-electron chi connectivity index (χ1n) is 5.76. The second kappa shape index (κ2) is 4.09. The Bertz CT molecular complexity index is 562. The number of aromatic nitrogens is 2. The molecule has 0 saturated heterocycles. The van der Waals surface area contributed by atoms with Crippen LogP contribution >= 0.6 is 0 Å². The van der Waals surface area contributed by atoms with Gasteiger partial charge in [0.25, 0.3) is 0 Å². The lowest BCUT2D eigenvalue weighted by molar-refractivity contribution is 0.112. The number of aldehydes is 1. The minimum atomic E-state index is 0.597. The van der Waals surface area contributed by atoms with Crippen molar-refractivity contribution in [3.05, 3.63) is 47.8 Å². The van der Waals surface area contributed by atoms with Gasteiger partial charge < -0.3 is 0 Å². The third-order valence-electron chi connectivity index (χ3n) is 3.00. The Morgan fingerprint density at radius 3 is 2.76 bits per heavy atom. The highest BCUT2D eigenvalue weighted by Crippen LogP contribution is 2.39. The number of benzene rings is 1. The highest BCUT2D eigenvalue weighted by atomic mass is 16.1. The first-order chi connectivity index (χ1) is 8.38. The molecule has 0 unspecified atom stereocenters. The molecule has 1 aromatic heterocycles. The highest BCUT2D eigenvalue weighted by molar-refractivity contribution is 5.85. The molecule has 0 bridgehead atoms.